The predicted molar refractivity (Wildman–Crippen MR) is 201 cm³/mol. The number of hydrogen-bond acceptors (Lipinski definition) is 14. The maximum Gasteiger partial charge on any atom is 0.312 e. The number of ether oxygens (including phenoxy) is 4. The number of aliphatic hydroxyl groups excluding tert-OH is 9. The van der Waals surface area contributed by atoms with Crippen LogP contribution in [0.2, 0.25) is 0 Å². The van der Waals surface area contributed by atoms with Crippen molar-refractivity contribution in [3.8, 4) is 0 Å². The van der Waals surface area contributed by atoms with Gasteiger partial charge in [0.15, 0.2) is 12.6 Å². The third-order valence-electron chi connectivity index (χ3n) is 17.4. The van der Waals surface area contributed by atoms with Crippen molar-refractivity contribution in [3.63, 3.8) is 0 Å². The fourth-order valence-corrected chi connectivity index (χ4v) is 13.8. The van der Waals surface area contributed by atoms with E-state index in [0.717, 1.165) is 25.7 Å². The molecule has 326 valence electrons. The third kappa shape index (κ3) is 6.35. The fourth-order valence-electron chi connectivity index (χ4n) is 13.8. The summed E-state index contributed by atoms with van der Waals surface area (Å²) >= 11 is 0. The first-order valence-corrected chi connectivity index (χ1v) is 21.1. The van der Waals surface area contributed by atoms with Gasteiger partial charge in [0.05, 0.1) is 32.0 Å². The molecular formula is C42H68O15. The smallest absolute Gasteiger partial charge is 0.312 e. The van der Waals surface area contributed by atoms with Crippen molar-refractivity contribution in [2.45, 2.75) is 173 Å². The van der Waals surface area contributed by atoms with E-state index < -0.39 is 109 Å². The lowest BCUT2D eigenvalue weighted by atomic mass is 9.33. The van der Waals surface area contributed by atoms with Crippen LogP contribution in [0.25, 0.3) is 0 Å². The largest absolute Gasteiger partial charge is 0.481 e. The van der Waals surface area contributed by atoms with E-state index in [9.17, 15) is 55.9 Å². The van der Waals surface area contributed by atoms with Crippen molar-refractivity contribution in [3.05, 3.63) is 11.6 Å². The van der Waals surface area contributed by atoms with Gasteiger partial charge in [-0.25, -0.2) is 0 Å². The molecule has 0 unspecified atom stereocenters. The molecule has 0 aromatic carbocycles. The van der Waals surface area contributed by atoms with Crippen LogP contribution in [0.5, 0.6) is 0 Å². The van der Waals surface area contributed by atoms with E-state index in [4.69, 9.17) is 18.9 Å². The van der Waals surface area contributed by atoms with Crippen LogP contribution in [-0.2, 0) is 23.7 Å². The molecule has 4 saturated carbocycles. The Morgan fingerprint density at radius 1 is 0.737 bits per heavy atom. The van der Waals surface area contributed by atoms with E-state index in [1.165, 1.54) is 5.57 Å². The molecule has 7 aliphatic rings. The Bertz CT molecular complexity index is 1540. The van der Waals surface area contributed by atoms with Crippen molar-refractivity contribution in [1.82, 2.24) is 0 Å². The molecule has 2 saturated heterocycles. The minimum absolute atomic E-state index is 0.0493. The van der Waals surface area contributed by atoms with Gasteiger partial charge in [0.1, 0.15) is 54.2 Å². The highest BCUT2D eigenvalue weighted by Crippen LogP contribution is 2.76. The zero-order valence-corrected chi connectivity index (χ0v) is 34.2. The molecule has 10 N–H and O–H groups in total. The summed E-state index contributed by atoms with van der Waals surface area (Å²) < 4.78 is 23.8. The van der Waals surface area contributed by atoms with Crippen molar-refractivity contribution in [1.29, 1.82) is 0 Å². The molecule has 0 bridgehead atoms. The Hall–Kier alpha value is -1.31. The summed E-state index contributed by atoms with van der Waals surface area (Å²) in [7, 11) is 0. The molecule has 0 aromatic heterocycles. The second-order valence-electron chi connectivity index (χ2n) is 20.6. The average Bonchev–Trinajstić information content (AvgIpc) is 3.15. The van der Waals surface area contributed by atoms with Crippen LogP contribution < -0.4 is 0 Å². The van der Waals surface area contributed by atoms with Crippen LogP contribution >= 0.6 is 0 Å². The molecule has 20 atom stereocenters. The van der Waals surface area contributed by atoms with E-state index in [0.29, 0.717) is 32.1 Å². The van der Waals surface area contributed by atoms with E-state index in [2.05, 4.69) is 40.7 Å². The summed E-state index contributed by atoms with van der Waals surface area (Å²) in [5, 5.41) is 108. The molecule has 0 radical (unpaired) electrons. The normalized spacial score (nSPS) is 54.7. The number of aliphatic hydroxyl groups is 9. The minimum atomic E-state index is -1.80. The first-order valence-electron chi connectivity index (χ1n) is 21.1. The van der Waals surface area contributed by atoms with Crippen molar-refractivity contribution < 1.29 is 74.8 Å². The minimum Gasteiger partial charge on any atom is -0.481 e. The summed E-state index contributed by atoms with van der Waals surface area (Å²) in [6, 6.07) is 0. The molecule has 2 heterocycles. The van der Waals surface area contributed by atoms with Crippen LogP contribution in [0.15, 0.2) is 11.6 Å². The number of allylic oxidation sites excluding steroid dienone is 2. The zero-order valence-electron chi connectivity index (χ0n) is 34.2. The van der Waals surface area contributed by atoms with Crippen molar-refractivity contribution in [2.75, 3.05) is 19.8 Å². The second-order valence-corrected chi connectivity index (χ2v) is 20.6. The quantitative estimate of drug-likeness (QED) is 0.120. The topological polar surface area (TPSA) is 256 Å². The Labute approximate surface area is 335 Å². The van der Waals surface area contributed by atoms with Gasteiger partial charge >= 0.3 is 5.97 Å². The Balaban J connectivity index is 1.15. The number of carboxylic acids is 1. The SMILES string of the molecule is CC1(C)CC[C@]2(C(=O)O)[C@H](O)C[C@]3(C)C(=CC[C@@H]4[C@@]5(C)CC[C@H](O[C@@H]6O[C@H](CO)[C@@H](O)[C@H](O[C@@H]7O[C@H](CO)[C@@H](O)[C@H](O)[C@H]7O)[C@H]6O)[C@@](C)(CO)[C@@H]5CC[C@]43C)[C@@H]2C1. The standard InChI is InChI=1S/C42H68O15/c1-37(2)13-14-42(36(52)53)21(15-37)20-7-8-25-38(3)11-10-27(39(4,19-45)24(38)9-12-40(25,5)41(20,6)16-26(42)46)56-35-32(51)33(29(48)23(18-44)55-35)57-34-31(50)30(49)28(47)22(17-43)54-34/h7,21-35,43-51H,8-19H2,1-6H3,(H,52,53)/t21-,22+,23+,24+,25+,26+,27-,28+,29+,30-,31+,32+,33-,34-,35-,38-,39-,40+,41+,42+/m0/s1. The predicted octanol–water partition coefficient (Wildman–Crippen LogP) is 0.825. The number of hydrogen-bond donors (Lipinski definition) is 10. The summed E-state index contributed by atoms with van der Waals surface area (Å²) in [4.78, 5) is 13.1. The van der Waals surface area contributed by atoms with E-state index >= 15 is 0 Å². The van der Waals surface area contributed by atoms with Gasteiger partial charge < -0.3 is 70.0 Å². The van der Waals surface area contributed by atoms with Crippen LogP contribution in [-0.4, -0.2) is 150 Å². The van der Waals surface area contributed by atoms with Crippen LogP contribution in [0.3, 0.4) is 0 Å². The number of rotatable bonds is 8. The van der Waals surface area contributed by atoms with Gasteiger partial charge in [-0.3, -0.25) is 4.79 Å². The zero-order chi connectivity index (χ0) is 41.8. The van der Waals surface area contributed by atoms with Crippen molar-refractivity contribution in [2.24, 2.45) is 50.2 Å². The van der Waals surface area contributed by atoms with Gasteiger partial charge in [-0.2, -0.15) is 0 Å². The van der Waals surface area contributed by atoms with Gasteiger partial charge in [0.2, 0.25) is 0 Å². The molecule has 6 fully saturated rings. The van der Waals surface area contributed by atoms with E-state index in [-0.39, 0.29) is 40.6 Å². The monoisotopic (exact) mass is 812 g/mol. The summed E-state index contributed by atoms with van der Waals surface area (Å²) in [5.74, 6) is -1.07. The summed E-state index contributed by atoms with van der Waals surface area (Å²) in [5.41, 5.74) is -1.92. The van der Waals surface area contributed by atoms with Gasteiger partial charge in [-0.15, -0.1) is 0 Å². The van der Waals surface area contributed by atoms with Crippen molar-refractivity contribution >= 4 is 5.97 Å². The molecule has 0 spiro atoms. The fraction of sp³-hybridized carbons (Fsp3) is 0.929. The Kier molecular flexibility index (Phi) is 11.5. The van der Waals surface area contributed by atoms with Gasteiger partial charge in [0, 0.05) is 5.41 Å². The maximum absolute atomic E-state index is 13.1. The molecule has 7 rings (SSSR count). The van der Waals surface area contributed by atoms with E-state index in [1.807, 2.05) is 6.92 Å². The summed E-state index contributed by atoms with van der Waals surface area (Å²) in [6.45, 7) is 11.6. The molecule has 0 aromatic rings. The summed E-state index contributed by atoms with van der Waals surface area (Å²) in [6.07, 6.45) is -9.39. The molecular weight excluding hydrogens is 744 g/mol. The molecule has 0 amide bonds. The van der Waals surface area contributed by atoms with Gasteiger partial charge in [-0.1, -0.05) is 53.2 Å². The van der Waals surface area contributed by atoms with Crippen LogP contribution in [0.4, 0.5) is 0 Å². The number of carboxylic acid groups (broad SMARTS) is 1. The Morgan fingerprint density at radius 3 is 1.98 bits per heavy atom. The highest BCUT2D eigenvalue weighted by atomic mass is 16.7. The number of fused-ring (bicyclic) bond motifs is 7. The average molecular weight is 813 g/mol. The number of carbonyl (C=O) groups is 1. The lowest BCUT2D eigenvalue weighted by Gasteiger charge is -2.72. The lowest BCUT2D eigenvalue weighted by molar-refractivity contribution is -0.370. The molecule has 57 heavy (non-hydrogen) atoms. The maximum atomic E-state index is 13.1. The Morgan fingerprint density at radius 2 is 1.37 bits per heavy atom. The highest BCUT2D eigenvalue weighted by molar-refractivity contribution is 5.77. The third-order valence-corrected chi connectivity index (χ3v) is 17.4. The van der Waals surface area contributed by atoms with Crippen LogP contribution in [0.1, 0.15) is 99.3 Å². The molecule has 5 aliphatic carbocycles. The number of aliphatic carboxylic acids is 1. The van der Waals surface area contributed by atoms with Crippen LogP contribution in [0, 0.1) is 50.2 Å². The highest BCUT2D eigenvalue weighted by Gasteiger charge is 2.72. The van der Waals surface area contributed by atoms with Gasteiger partial charge in [0.25, 0.3) is 0 Å². The first-order chi connectivity index (χ1) is 26.6. The molecule has 15 heteroatoms. The first kappa shape index (κ1) is 43.8. The van der Waals surface area contributed by atoms with Gasteiger partial charge in [-0.05, 0) is 97.2 Å². The van der Waals surface area contributed by atoms with E-state index in [1.54, 1.807) is 0 Å². The molecule has 15 nitrogen and oxygen atoms in total. The lowest BCUT2D eigenvalue weighted by Crippen LogP contribution is -2.68. The molecule has 2 aliphatic heterocycles. The second kappa shape index (κ2) is 14.9.